The van der Waals surface area contributed by atoms with Crippen molar-refractivity contribution in [3.63, 3.8) is 0 Å². The molecule has 2 atom stereocenters. The normalized spacial score (nSPS) is 12.8. The van der Waals surface area contributed by atoms with Crippen LogP contribution < -0.4 is 9.62 Å². The van der Waals surface area contributed by atoms with E-state index < -0.39 is 41.5 Å². The molecule has 3 aromatic carbocycles. The van der Waals surface area contributed by atoms with Crippen molar-refractivity contribution in [3.05, 3.63) is 94.2 Å². The first kappa shape index (κ1) is 24.8. The second kappa shape index (κ2) is 10.5. The molecular formula is C23H15BrF3N4O3S-. The van der Waals surface area contributed by atoms with E-state index in [0.717, 1.165) is 16.4 Å². The minimum absolute atomic E-state index is 0.0689. The zero-order valence-electron chi connectivity index (χ0n) is 17.6. The van der Waals surface area contributed by atoms with Crippen LogP contribution in [0.4, 0.5) is 24.5 Å². The van der Waals surface area contributed by atoms with E-state index in [4.69, 9.17) is 0 Å². The average Bonchev–Trinajstić information content (AvgIpc) is 2.83. The maximum Gasteiger partial charge on any atom is 0.254 e. The number of para-hydroxylation sites is 1. The fourth-order valence-electron chi connectivity index (χ4n) is 3.52. The lowest BCUT2D eigenvalue weighted by Crippen LogP contribution is -2.32. The number of benzene rings is 3. The van der Waals surface area contributed by atoms with Gasteiger partial charge in [-0.25, -0.2) is 13.2 Å². The lowest BCUT2D eigenvalue weighted by molar-refractivity contribution is 0.0929. The molecule has 0 fully saturated rings. The van der Waals surface area contributed by atoms with E-state index in [1.165, 1.54) is 36.7 Å². The number of halogens is 4. The molecule has 180 valence electrons. The maximum atomic E-state index is 14.2. The van der Waals surface area contributed by atoms with E-state index in [1.54, 1.807) is 12.1 Å². The van der Waals surface area contributed by atoms with Crippen molar-refractivity contribution >= 4 is 55.5 Å². The summed E-state index contributed by atoms with van der Waals surface area (Å²) in [5, 5.41) is 2.35. The number of hydrogen-bond donors (Lipinski definition) is 1. The molecule has 35 heavy (non-hydrogen) atoms. The topological polar surface area (TPSA) is 98.2 Å². The van der Waals surface area contributed by atoms with Gasteiger partial charge in [-0.1, -0.05) is 28.1 Å². The highest BCUT2D eigenvalue weighted by Gasteiger charge is 2.25. The van der Waals surface area contributed by atoms with Gasteiger partial charge in [0.05, 0.1) is 39.8 Å². The van der Waals surface area contributed by atoms with Gasteiger partial charge in [-0.3, -0.25) is 23.3 Å². The van der Waals surface area contributed by atoms with Crippen LogP contribution in [0, 0.1) is 11.6 Å². The molecule has 7 nitrogen and oxygen atoms in total. The molecule has 1 heterocycles. The number of amides is 1. The van der Waals surface area contributed by atoms with Gasteiger partial charge < -0.3 is 9.87 Å². The second-order valence-corrected chi connectivity index (χ2v) is 8.94. The van der Waals surface area contributed by atoms with Crippen LogP contribution in [-0.2, 0) is 11.3 Å². The summed E-state index contributed by atoms with van der Waals surface area (Å²) in [7, 11) is 0. The molecule has 0 aliphatic rings. The number of aromatic nitrogens is 2. The molecule has 4 aromatic rings. The van der Waals surface area contributed by atoms with E-state index >= 15 is 0 Å². The van der Waals surface area contributed by atoms with Crippen molar-refractivity contribution in [2.45, 2.75) is 6.04 Å². The van der Waals surface area contributed by atoms with Gasteiger partial charge in [-0.2, -0.15) is 0 Å². The van der Waals surface area contributed by atoms with Crippen LogP contribution in [0.25, 0.3) is 11.0 Å². The van der Waals surface area contributed by atoms with Crippen LogP contribution >= 0.6 is 15.9 Å². The Morgan fingerprint density at radius 2 is 1.86 bits per heavy atom. The van der Waals surface area contributed by atoms with E-state index in [2.05, 4.69) is 31.2 Å². The van der Waals surface area contributed by atoms with Crippen LogP contribution in [-0.4, -0.2) is 31.3 Å². The first-order valence-corrected chi connectivity index (χ1v) is 11.8. The van der Waals surface area contributed by atoms with Crippen molar-refractivity contribution in [1.29, 1.82) is 0 Å². The highest BCUT2D eigenvalue weighted by atomic mass is 79.9. The quantitative estimate of drug-likeness (QED) is 0.317. The lowest BCUT2D eigenvalue weighted by Gasteiger charge is -2.29. The third-order valence-corrected chi connectivity index (χ3v) is 6.25. The predicted octanol–water partition coefficient (Wildman–Crippen LogP) is 5.04. The van der Waals surface area contributed by atoms with Gasteiger partial charge in [0.15, 0.2) is 0 Å². The van der Waals surface area contributed by atoms with Crippen molar-refractivity contribution in [1.82, 2.24) is 15.3 Å². The molecular weight excluding hydrogens is 549 g/mol. The molecule has 1 aromatic heterocycles. The third kappa shape index (κ3) is 5.19. The first-order chi connectivity index (χ1) is 16.8. The minimum atomic E-state index is -2.91. The molecule has 0 radical (unpaired) electrons. The van der Waals surface area contributed by atoms with Gasteiger partial charge >= 0.3 is 0 Å². The number of carbonyl (C=O) groups is 1. The Kier molecular flexibility index (Phi) is 7.43. The summed E-state index contributed by atoms with van der Waals surface area (Å²) in [6.07, 6.45) is 2.85. The minimum Gasteiger partial charge on any atom is -0.755 e. The summed E-state index contributed by atoms with van der Waals surface area (Å²) in [5.74, 6) is -2.75. The zero-order valence-corrected chi connectivity index (χ0v) is 20.0. The number of fused-ring (bicyclic) bond motifs is 1. The Balaban J connectivity index is 1.79. The van der Waals surface area contributed by atoms with Gasteiger partial charge in [0.25, 0.3) is 5.91 Å². The van der Waals surface area contributed by atoms with Crippen molar-refractivity contribution < 1.29 is 26.7 Å². The highest BCUT2D eigenvalue weighted by molar-refractivity contribution is 9.10. The monoisotopic (exact) mass is 563 g/mol. The first-order valence-electron chi connectivity index (χ1n) is 10.0. The van der Waals surface area contributed by atoms with E-state index in [1.807, 2.05) is 0 Å². The Bertz CT molecular complexity index is 1440. The van der Waals surface area contributed by atoms with Gasteiger partial charge in [-0.15, -0.1) is 0 Å². The predicted molar refractivity (Wildman–Crippen MR) is 127 cm³/mol. The summed E-state index contributed by atoms with van der Waals surface area (Å²) in [5.41, 5.74) is 0.350. The maximum absolute atomic E-state index is 14.2. The molecule has 0 saturated heterocycles. The number of nitrogens with one attached hydrogen (secondary N) is 1. The number of carbonyl (C=O) groups excluding carboxylic acids is 1. The van der Waals surface area contributed by atoms with Crippen molar-refractivity contribution in [2.24, 2.45) is 0 Å². The van der Waals surface area contributed by atoms with Crippen molar-refractivity contribution in [2.75, 3.05) is 11.0 Å². The number of hydrogen-bond acceptors (Lipinski definition) is 5. The standard InChI is InChI=1S/C23H16BrF3N4O3S/c24-13-4-6-16(23(32)30-19(12-25)15-7-5-14(26)11-17(15)27)21(10-13)31(35(33)34)20-3-1-2-18-22(20)29-9-8-28-18/h1-11,19H,12H2,(H,30,32)(H,33,34)/p-1. The molecule has 0 aliphatic heterocycles. The summed E-state index contributed by atoms with van der Waals surface area (Å²) in [6.45, 7) is -1.18. The Morgan fingerprint density at radius 3 is 2.57 bits per heavy atom. The third-order valence-electron chi connectivity index (χ3n) is 5.07. The summed E-state index contributed by atoms with van der Waals surface area (Å²) < 4.78 is 67.4. The lowest BCUT2D eigenvalue weighted by atomic mass is 10.1. The van der Waals surface area contributed by atoms with E-state index in [9.17, 15) is 26.7 Å². The molecule has 4 rings (SSSR count). The summed E-state index contributed by atoms with van der Waals surface area (Å²) >= 11 is 0.356. The average molecular weight is 564 g/mol. The second-order valence-electron chi connectivity index (χ2n) is 7.22. The number of alkyl halides is 1. The van der Waals surface area contributed by atoms with Crippen LogP contribution in [0.1, 0.15) is 22.0 Å². The SMILES string of the molecule is O=C(NC(CF)c1ccc(F)cc1F)c1ccc(Br)cc1N(c1cccc2nccnc12)S(=O)[O-]. The fraction of sp³-hybridized carbons (Fsp3) is 0.0870. The molecule has 0 aliphatic carbocycles. The Labute approximate surface area is 208 Å². The van der Waals surface area contributed by atoms with Crippen LogP contribution in [0.2, 0.25) is 0 Å². The van der Waals surface area contributed by atoms with Crippen molar-refractivity contribution in [3.8, 4) is 0 Å². The molecule has 0 bridgehead atoms. The van der Waals surface area contributed by atoms with E-state index in [0.29, 0.717) is 16.1 Å². The van der Waals surface area contributed by atoms with Crippen LogP contribution in [0.5, 0.6) is 0 Å². The molecule has 12 heteroatoms. The Morgan fingerprint density at radius 1 is 1.09 bits per heavy atom. The molecule has 1 amide bonds. The largest absolute Gasteiger partial charge is 0.755 e. The summed E-state index contributed by atoms with van der Waals surface area (Å²) in [4.78, 5) is 21.6. The van der Waals surface area contributed by atoms with E-state index in [-0.39, 0.29) is 28.0 Å². The molecule has 0 saturated carbocycles. The van der Waals surface area contributed by atoms with Gasteiger partial charge in [0.2, 0.25) is 0 Å². The number of rotatable bonds is 7. The van der Waals surface area contributed by atoms with Gasteiger partial charge in [-0.05, 0) is 36.4 Å². The smallest absolute Gasteiger partial charge is 0.254 e. The van der Waals surface area contributed by atoms with Crippen LogP contribution in [0.15, 0.2) is 71.5 Å². The fourth-order valence-corrected chi connectivity index (χ4v) is 4.48. The molecule has 0 spiro atoms. The van der Waals surface area contributed by atoms with Crippen LogP contribution in [0.3, 0.4) is 0 Å². The van der Waals surface area contributed by atoms with Gasteiger partial charge in [0, 0.05) is 28.5 Å². The molecule has 1 N–H and O–H groups in total. The number of anilines is 2. The number of nitrogens with zero attached hydrogens (tertiary/aromatic N) is 3. The Hall–Kier alpha value is -3.35. The molecule has 2 unspecified atom stereocenters. The summed E-state index contributed by atoms with van der Waals surface area (Å²) in [6, 6.07) is 10.1. The zero-order chi connectivity index (χ0) is 25.1. The van der Waals surface area contributed by atoms with Gasteiger partial charge in [0.1, 0.15) is 23.8 Å². The highest BCUT2D eigenvalue weighted by Crippen LogP contribution is 2.36.